The zero-order valence-corrected chi connectivity index (χ0v) is 18.6. The molecule has 2 N–H and O–H groups in total. The summed E-state index contributed by atoms with van der Waals surface area (Å²) in [6.07, 6.45) is 0. The van der Waals surface area contributed by atoms with Crippen molar-refractivity contribution in [2.24, 2.45) is 0 Å². The quantitative estimate of drug-likeness (QED) is 0.479. The lowest BCUT2D eigenvalue weighted by atomic mass is 10.2. The van der Waals surface area contributed by atoms with Crippen LogP contribution in [0.3, 0.4) is 0 Å². The first-order valence-corrected chi connectivity index (χ1v) is 10.4. The Kier molecular flexibility index (Phi) is 7.74. The number of aromatic nitrogens is 3. The molecule has 0 atom stereocenters. The van der Waals surface area contributed by atoms with Crippen LogP contribution in [0.2, 0.25) is 0 Å². The number of carbonyl (C=O) groups excluding carboxylic acids is 3. The topological polar surface area (TPSA) is 124 Å². The number of anilines is 2. The molecule has 3 rings (SSSR count). The summed E-state index contributed by atoms with van der Waals surface area (Å²) in [5.74, 6) is -0.590. The van der Waals surface area contributed by atoms with Crippen LogP contribution < -0.4 is 15.4 Å². The second-order valence-electron chi connectivity index (χ2n) is 6.94. The maximum atomic E-state index is 12.6. The van der Waals surface area contributed by atoms with Crippen molar-refractivity contribution in [3.63, 3.8) is 0 Å². The van der Waals surface area contributed by atoms with Gasteiger partial charge in [-0.2, -0.15) is 0 Å². The Balaban J connectivity index is 1.62. The molecule has 0 aliphatic rings. The molecule has 33 heavy (non-hydrogen) atoms. The van der Waals surface area contributed by atoms with Crippen molar-refractivity contribution in [3.05, 3.63) is 65.5 Å². The number of hydrogen-bond donors (Lipinski definition) is 2. The van der Waals surface area contributed by atoms with Crippen molar-refractivity contribution in [1.29, 1.82) is 0 Å². The number of nitrogens with one attached hydrogen (secondary N) is 2. The molecule has 2 amide bonds. The largest absolute Gasteiger partial charge is 0.494 e. The van der Waals surface area contributed by atoms with Gasteiger partial charge in [-0.1, -0.05) is 11.3 Å². The standard InChI is InChI=1S/C23H25N5O5/c1-4-32-19-11-9-17(10-12-19)25-22(30)21-15(3)28(27-26-21)14-20(29)24-18-8-6-7-16(13-18)23(31)33-5-2/h6-13H,4-5,14H2,1-3H3,(H,24,29)(H,25,30). The van der Waals surface area contributed by atoms with Gasteiger partial charge in [-0.15, -0.1) is 5.10 Å². The Labute approximate surface area is 190 Å². The number of rotatable bonds is 9. The van der Waals surface area contributed by atoms with Crippen LogP contribution in [0, 0.1) is 6.92 Å². The number of benzene rings is 2. The third-order valence-corrected chi connectivity index (χ3v) is 4.57. The predicted octanol–water partition coefficient (Wildman–Crippen LogP) is 3.05. The molecule has 172 valence electrons. The Morgan fingerprint density at radius 1 is 0.970 bits per heavy atom. The second kappa shape index (κ2) is 10.9. The minimum atomic E-state index is -0.469. The monoisotopic (exact) mass is 451 g/mol. The molecule has 2 aromatic carbocycles. The van der Waals surface area contributed by atoms with E-state index < -0.39 is 11.9 Å². The van der Waals surface area contributed by atoms with E-state index in [2.05, 4.69) is 20.9 Å². The first kappa shape index (κ1) is 23.5. The molecule has 0 radical (unpaired) electrons. The summed E-state index contributed by atoms with van der Waals surface area (Å²) in [6.45, 7) is 5.92. The van der Waals surface area contributed by atoms with Crippen LogP contribution in [-0.4, -0.2) is 46.0 Å². The zero-order chi connectivity index (χ0) is 23.8. The molecule has 0 bridgehead atoms. The minimum absolute atomic E-state index is 0.112. The lowest BCUT2D eigenvalue weighted by Crippen LogP contribution is -2.21. The molecular formula is C23H25N5O5. The molecule has 0 spiro atoms. The minimum Gasteiger partial charge on any atom is -0.494 e. The molecule has 0 aliphatic carbocycles. The van der Waals surface area contributed by atoms with Crippen molar-refractivity contribution in [3.8, 4) is 5.75 Å². The van der Waals surface area contributed by atoms with Crippen LogP contribution in [0.15, 0.2) is 48.5 Å². The van der Waals surface area contributed by atoms with Crippen LogP contribution in [-0.2, 0) is 16.1 Å². The molecule has 0 saturated carbocycles. The maximum Gasteiger partial charge on any atom is 0.338 e. The van der Waals surface area contributed by atoms with E-state index in [1.165, 1.54) is 10.7 Å². The zero-order valence-electron chi connectivity index (χ0n) is 18.6. The number of hydrogen-bond acceptors (Lipinski definition) is 7. The normalized spacial score (nSPS) is 10.4. The summed E-state index contributed by atoms with van der Waals surface area (Å²) >= 11 is 0. The smallest absolute Gasteiger partial charge is 0.338 e. The van der Waals surface area contributed by atoms with Gasteiger partial charge in [0.1, 0.15) is 12.3 Å². The van der Waals surface area contributed by atoms with Crippen LogP contribution in [0.1, 0.15) is 40.4 Å². The highest BCUT2D eigenvalue weighted by atomic mass is 16.5. The first-order chi connectivity index (χ1) is 15.9. The van der Waals surface area contributed by atoms with Crippen LogP contribution in [0.4, 0.5) is 11.4 Å². The molecule has 0 saturated heterocycles. The van der Waals surface area contributed by atoms with Crippen molar-refractivity contribution in [2.45, 2.75) is 27.3 Å². The van der Waals surface area contributed by atoms with Crippen LogP contribution in [0.5, 0.6) is 5.75 Å². The van der Waals surface area contributed by atoms with Crippen molar-refractivity contribution in [2.75, 3.05) is 23.8 Å². The average molecular weight is 451 g/mol. The average Bonchev–Trinajstić information content (AvgIpc) is 3.15. The highest BCUT2D eigenvalue weighted by Gasteiger charge is 2.18. The van der Waals surface area contributed by atoms with Gasteiger partial charge in [-0.25, -0.2) is 9.48 Å². The molecule has 0 unspecified atom stereocenters. The Bertz CT molecular complexity index is 1140. The van der Waals surface area contributed by atoms with E-state index in [9.17, 15) is 14.4 Å². The first-order valence-electron chi connectivity index (χ1n) is 10.4. The van der Waals surface area contributed by atoms with Gasteiger partial charge < -0.3 is 20.1 Å². The van der Waals surface area contributed by atoms with E-state index in [1.54, 1.807) is 56.3 Å². The lowest BCUT2D eigenvalue weighted by molar-refractivity contribution is -0.117. The summed E-state index contributed by atoms with van der Waals surface area (Å²) in [5, 5.41) is 13.3. The van der Waals surface area contributed by atoms with E-state index in [4.69, 9.17) is 9.47 Å². The second-order valence-corrected chi connectivity index (χ2v) is 6.94. The number of ether oxygens (including phenoxy) is 2. The van der Waals surface area contributed by atoms with E-state index >= 15 is 0 Å². The van der Waals surface area contributed by atoms with Crippen molar-refractivity contribution >= 4 is 29.2 Å². The Morgan fingerprint density at radius 2 is 1.73 bits per heavy atom. The van der Waals surface area contributed by atoms with Crippen molar-refractivity contribution < 1.29 is 23.9 Å². The van der Waals surface area contributed by atoms with Gasteiger partial charge in [-0.3, -0.25) is 9.59 Å². The van der Waals surface area contributed by atoms with Gasteiger partial charge in [0.25, 0.3) is 5.91 Å². The van der Waals surface area contributed by atoms with Gasteiger partial charge in [0.2, 0.25) is 5.91 Å². The van der Waals surface area contributed by atoms with Crippen LogP contribution in [0.25, 0.3) is 0 Å². The molecule has 3 aromatic rings. The van der Waals surface area contributed by atoms with E-state index in [1.807, 2.05) is 6.92 Å². The van der Waals surface area contributed by atoms with E-state index in [-0.39, 0.29) is 24.8 Å². The molecule has 0 fully saturated rings. The third-order valence-electron chi connectivity index (χ3n) is 4.57. The third kappa shape index (κ3) is 6.16. The maximum absolute atomic E-state index is 12.6. The summed E-state index contributed by atoms with van der Waals surface area (Å²) in [4.78, 5) is 36.9. The fourth-order valence-corrected chi connectivity index (χ4v) is 2.99. The summed E-state index contributed by atoms with van der Waals surface area (Å²) in [5.41, 5.74) is 1.91. The molecular weight excluding hydrogens is 426 g/mol. The van der Waals surface area contributed by atoms with Gasteiger partial charge in [0, 0.05) is 11.4 Å². The molecule has 10 heteroatoms. The van der Waals surface area contributed by atoms with E-state index in [0.29, 0.717) is 35.0 Å². The number of carbonyl (C=O) groups is 3. The number of esters is 1. The Hall–Kier alpha value is -4.21. The predicted molar refractivity (Wildman–Crippen MR) is 121 cm³/mol. The summed E-state index contributed by atoms with van der Waals surface area (Å²) < 4.78 is 11.7. The van der Waals surface area contributed by atoms with Gasteiger partial charge in [0.15, 0.2) is 5.69 Å². The molecule has 0 aliphatic heterocycles. The van der Waals surface area contributed by atoms with Crippen LogP contribution >= 0.6 is 0 Å². The van der Waals surface area contributed by atoms with Gasteiger partial charge in [0.05, 0.1) is 24.5 Å². The molecule has 1 aromatic heterocycles. The van der Waals surface area contributed by atoms with E-state index in [0.717, 1.165) is 0 Å². The molecule has 10 nitrogen and oxygen atoms in total. The highest BCUT2D eigenvalue weighted by molar-refractivity contribution is 6.03. The Morgan fingerprint density at radius 3 is 2.42 bits per heavy atom. The fourth-order valence-electron chi connectivity index (χ4n) is 2.99. The SMILES string of the molecule is CCOC(=O)c1cccc(NC(=O)Cn2nnc(C(=O)Nc3ccc(OCC)cc3)c2C)c1. The van der Waals surface area contributed by atoms with Gasteiger partial charge in [-0.05, 0) is 63.2 Å². The molecule has 1 heterocycles. The fraction of sp³-hybridized carbons (Fsp3) is 0.261. The summed E-state index contributed by atoms with van der Waals surface area (Å²) in [7, 11) is 0. The van der Waals surface area contributed by atoms with Gasteiger partial charge >= 0.3 is 5.97 Å². The number of amides is 2. The number of nitrogens with zero attached hydrogens (tertiary/aromatic N) is 3. The lowest BCUT2D eigenvalue weighted by Gasteiger charge is -2.08. The summed E-state index contributed by atoms with van der Waals surface area (Å²) in [6, 6.07) is 13.4. The highest BCUT2D eigenvalue weighted by Crippen LogP contribution is 2.17. The van der Waals surface area contributed by atoms with Crippen molar-refractivity contribution in [1.82, 2.24) is 15.0 Å².